The van der Waals surface area contributed by atoms with Gasteiger partial charge in [-0.15, -0.1) is 11.3 Å². The lowest BCUT2D eigenvalue weighted by Crippen LogP contribution is -2.37. The molecule has 0 amide bonds. The number of hydrogen-bond acceptors (Lipinski definition) is 4. The van der Waals surface area contributed by atoms with Gasteiger partial charge in [0.1, 0.15) is 4.83 Å². The summed E-state index contributed by atoms with van der Waals surface area (Å²) in [6.45, 7) is 3.03. The predicted molar refractivity (Wildman–Crippen MR) is 103 cm³/mol. The molecular formula is C19H16N4O2S. The Hall–Kier alpha value is -3.11. The quantitative estimate of drug-likeness (QED) is 0.561. The highest BCUT2D eigenvalue weighted by atomic mass is 32.1. The first-order valence-corrected chi connectivity index (χ1v) is 9.06. The van der Waals surface area contributed by atoms with Crippen molar-refractivity contribution in [3.63, 3.8) is 0 Å². The Morgan fingerprint density at radius 2 is 2.00 bits per heavy atom. The SMILES string of the molecule is CCn1c(=O)n(C)c(=O)c2cc(Cn3ccc4cc(C#N)ccc43)sc21. The van der Waals surface area contributed by atoms with E-state index in [0.717, 1.165) is 25.2 Å². The van der Waals surface area contributed by atoms with Crippen LogP contribution in [-0.4, -0.2) is 13.7 Å². The molecule has 0 spiro atoms. The number of nitriles is 1. The molecule has 4 rings (SSSR count). The number of aromatic nitrogens is 3. The summed E-state index contributed by atoms with van der Waals surface area (Å²) >= 11 is 1.48. The number of aryl methyl sites for hydroxylation is 1. The fourth-order valence-electron chi connectivity index (χ4n) is 3.25. The third kappa shape index (κ3) is 2.38. The lowest BCUT2D eigenvalue weighted by Gasteiger charge is -2.05. The van der Waals surface area contributed by atoms with Gasteiger partial charge in [-0.3, -0.25) is 13.9 Å². The zero-order chi connectivity index (χ0) is 18.4. The van der Waals surface area contributed by atoms with E-state index in [1.165, 1.54) is 18.4 Å². The average Bonchev–Trinajstić information content (AvgIpc) is 3.25. The molecule has 1 aromatic carbocycles. The summed E-state index contributed by atoms with van der Waals surface area (Å²) in [4.78, 5) is 26.5. The summed E-state index contributed by atoms with van der Waals surface area (Å²) < 4.78 is 4.88. The second-order valence-electron chi connectivity index (χ2n) is 6.15. The number of thiophene rings is 1. The summed E-state index contributed by atoms with van der Waals surface area (Å²) in [6, 6.07) is 11.6. The van der Waals surface area contributed by atoms with E-state index < -0.39 is 0 Å². The molecule has 0 N–H and O–H groups in total. The number of hydrogen-bond donors (Lipinski definition) is 0. The van der Waals surface area contributed by atoms with Crippen LogP contribution in [0, 0.1) is 11.3 Å². The van der Waals surface area contributed by atoms with Crippen molar-refractivity contribution in [2.24, 2.45) is 7.05 Å². The van der Waals surface area contributed by atoms with Gasteiger partial charge in [0.15, 0.2) is 0 Å². The second kappa shape index (κ2) is 6.00. The Morgan fingerprint density at radius 3 is 2.73 bits per heavy atom. The third-order valence-corrected chi connectivity index (χ3v) is 5.75. The summed E-state index contributed by atoms with van der Waals surface area (Å²) in [5.74, 6) is 0. The molecule has 4 aromatic rings. The van der Waals surface area contributed by atoms with E-state index in [4.69, 9.17) is 5.26 Å². The first-order valence-electron chi connectivity index (χ1n) is 8.24. The summed E-state index contributed by atoms with van der Waals surface area (Å²) in [5.41, 5.74) is 1.12. The van der Waals surface area contributed by atoms with Crippen LogP contribution in [0.4, 0.5) is 0 Å². The van der Waals surface area contributed by atoms with E-state index in [9.17, 15) is 9.59 Å². The minimum absolute atomic E-state index is 0.256. The van der Waals surface area contributed by atoms with Crippen LogP contribution in [0.1, 0.15) is 17.4 Å². The van der Waals surface area contributed by atoms with Gasteiger partial charge < -0.3 is 4.57 Å². The van der Waals surface area contributed by atoms with Crippen molar-refractivity contribution < 1.29 is 0 Å². The Bertz CT molecular complexity index is 1310. The van der Waals surface area contributed by atoms with Crippen LogP contribution in [0.25, 0.3) is 21.1 Å². The molecule has 0 fully saturated rings. The van der Waals surface area contributed by atoms with E-state index >= 15 is 0 Å². The normalized spacial score (nSPS) is 11.3. The molecule has 6 nitrogen and oxygen atoms in total. The van der Waals surface area contributed by atoms with Gasteiger partial charge >= 0.3 is 5.69 Å². The number of nitrogens with zero attached hydrogens (tertiary/aromatic N) is 4. The van der Waals surface area contributed by atoms with Gasteiger partial charge in [-0.25, -0.2) is 4.79 Å². The molecule has 0 saturated carbocycles. The third-order valence-electron chi connectivity index (χ3n) is 4.60. The van der Waals surface area contributed by atoms with Crippen LogP contribution in [0.3, 0.4) is 0 Å². The van der Waals surface area contributed by atoms with Crippen molar-refractivity contribution >= 4 is 32.5 Å². The smallest absolute Gasteiger partial charge is 0.331 e. The van der Waals surface area contributed by atoms with E-state index in [1.54, 1.807) is 10.6 Å². The van der Waals surface area contributed by atoms with E-state index in [2.05, 4.69) is 10.6 Å². The van der Waals surface area contributed by atoms with Crippen molar-refractivity contribution in [3.8, 4) is 6.07 Å². The summed E-state index contributed by atoms with van der Waals surface area (Å²) in [7, 11) is 1.51. The molecule has 0 unspecified atom stereocenters. The minimum atomic E-state index is -0.283. The lowest BCUT2D eigenvalue weighted by molar-refractivity contribution is 0.661. The Labute approximate surface area is 152 Å². The maximum absolute atomic E-state index is 12.4. The van der Waals surface area contributed by atoms with Crippen LogP contribution >= 0.6 is 11.3 Å². The van der Waals surface area contributed by atoms with Gasteiger partial charge in [-0.1, -0.05) is 0 Å². The standard InChI is InChI=1S/C19H16N4O2S/c1-3-23-18-15(17(24)21(2)19(23)25)9-14(26-18)11-22-7-6-13-8-12(10-20)4-5-16(13)22/h4-9H,3,11H2,1-2H3. The fourth-order valence-corrected chi connectivity index (χ4v) is 4.46. The Morgan fingerprint density at radius 1 is 1.19 bits per heavy atom. The van der Waals surface area contributed by atoms with Gasteiger partial charge in [0.05, 0.1) is 23.6 Å². The molecule has 7 heteroatoms. The molecule has 0 bridgehead atoms. The highest BCUT2D eigenvalue weighted by Gasteiger charge is 2.14. The molecule has 0 atom stereocenters. The molecule has 3 aromatic heterocycles. The first-order chi connectivity index (χ1) is 12.5. The van der Waals surface area contributed by atoms with Gasteiger partial charge in [0.25, 0.3) is 5.56 Å². The predicted octanol–water partition coefficient (Wildman–Crippen LogP) is 2.66. The van der Waals surface area contributed by atoms with Gasteiger partial charge in [-0.2, -0.15) is 5.26 Å². The van der Waals surface area contributed by atoms with E-state index in [0.29, 0.717) is 24.0 Å². The topological polar surface area (TPSA) is 72.7 Å². The Balaban J connectivity index is 1.84. The van der Waals surface area contributed by atoms with E-state index in [1.807, 2.05) is 37.4 Å². The first kappa shape index (κ1) is 16.4. The van der Waals surface area contributed by atoms with Gasteiger partial charge in [-0.05, 0) is 37.3 Å². The number of fused-ring (bicyclic) bond motifs is 2. The molecule has 26 heavy (non-hydrogen) atoms. The highest BCUT2D eigenvalue weighted by molar-refractivity contribution is 7.18. The van der Waals surface area contributed by atoms with Crippen molar-refractivity contribution in [2.75, 3.05) is 0 Å². The Kier molecular flexibility index (Phi) is 3.78. The molecule has 0 aliphatic carbocycles. The fraction of sp³-hybridized carbons (Fsp3) is 0.211. The molecule has 0 aliphatic heterocycles. The second-order valence-corrected chi connectivity index (χ2v) is 7.27. The zero-order valence-corrected chi connectivity index (χ0v) is 15.2. The zero-order valence-electron chi connectivity index (χ0n) is 14.4. The van der Waals surface area contributed by atoms with Crippen molar-refractivity contribution in [2.45, 2.75) is 20.0 Å². The van der Waals surface area contributed by atoms with Gasteiger partial charge in [0.2, 0.25) is 0 Å². The average molecular weight is 364 g/mol. The summed E-state index contributed by atoms with van der Waals surface area (Å²) in [6.07, 6.45) is 1.97. The lowest BCUT2D eigenvalue weighted by atomic mass is 10.2. The number of rotatable bonds is 3. The summed E-state index contributed by atoms with van der Waals surface area (Å²) in [5, 5.41) is 10.6. The van der Waals surface area contributed by atoms with Crippen LogP contribution in [0.15, 0.2) is 46.1 Å². The maximum atomic E-state index is 12.4. The van der Waals surface area contributed by atoms with Gasteiger partial charge in [0, 0.05) is 35.6 Å². The molecule has 3 heterocycles. The number of benzene rings is 1. The molecule has 0 saturated heterocycles. The van der Waals surface area contributed by atoms with Crippen LogP contribution in [-0.2, 0) is 20.1 Å². The molecule has 0 radical (unpaired) electrons. The largest absolute Gasteiger partial charge is 0.342 e. The molecule has 130 valence electrons. The van der Waals surface area contributed by atoms with Crippen molar-refractivity contribution in [1.82, 2.24) is 13.7 Å². The van der Waals surface area contributed by atoms with Crippen molar-refractivity contribution in [1.29, 1.82) is 5.26 Å². The highest BCUT2D eigenvalue weighted by Crippen LogP contribution is 2.25. The molecular weight excluding hydrogens is 348 g/mol. The van der Waals surface area contributed by atoms with Crippen LogP contribution < -0.4 is 11.2 Å². The minimum Gasteiger partial charge on any atom is -0.342 e. The monoisotopic (exact) mass is 364 g/mol. The molecule has 0 aliphatic rings. The van der Waals surface area contributed by atoms with Crippen LogP contribution in [0.5, 0.6) is 0 Å². The maximum Gasteiger partial charge on any atom is 0.331 e. The van der Waals surface area contributed by atoms with E-state index in [-0.39, 0.29) is 11.2 Å². The van der Waals surface area contributed by atoms with Crippen LogP contribution in [0.2, 0.25) is 0 Å². The van der Waals surface area contributed by atoms with Crippen molar-refractivity contribution in [3.05, 3.63) is 67.8 Å².